The number of hydrogen-bond acceptors (Lipinski definition) is 0. The van der Waals surface area contributed by atoms with Crippen LogP contribution in [0.3, 0.4) is 0 Å². The van der Waals surface area contributed by atoms with Crippen LogP contribution in [-0.2, 0) is 17.3 Å². The number of aryl methyl sites for hydroxylation is 1. The van der Waals surface area contributed by atoms with Gasteiger partial charge in [0.2, 0.25) is 0 Å². The van der Waals surface area contributed by atoms with E-state index in [1.165, 1.54) is 88.0 Å². The summed E-state index contributed by atoms with van der Waals surface area (Å²) in [5, 5.41) is 8.36. The highest BCUT2D eigenvalue weighted by atomic mass is 14.5. The molecule has 0 heterocycles. The van der Waals surface area contributed by atoms with Crippen LogP contribution < -0.4 is 0 Å². The van der Waals surface area contributed by atoms with E-state index in [0.29, 0.717) is 0 Å². The van der Waals surface area contributed by atoms with Crippen molar-refractivity contribution >= 4 is 38.4 Å². The number of hydrogen-bond donors (Lipinski definition) is 0. The molecule has 0 saturated heterocycles. The van der Waals surface area contributed by atoms with Gasteiger partial charge in [-0.2, -0.15) is 0 Å². The van der Waals surface area contributed by atoms with Crippen LogP contribution in [-0.4, -0.2) is 0 Å². The Hall–Kier alpha value is -4.16. The van der Waals surface area contributed by atoms with E-state index in [1.807, 2.05) is 0 Å². The Morgan fingerprint density at radius 2 is 1.18 bits per heavy atom. The third-order valence-electron chi connectivity index (χ3n) is 10.5. The fourth-order valence-electron chi connectivity index (χ4n) is 8.49. The molecular formula is C40H32. The van der Waals surface area contributed by atoms with Crippen molar-refractivity contribution in [2.75, 3.05) is 0 Å². The van der Waals surface area contributed by atoms with Crippen molar-refractivity contribution in [2.24, 2.45) is 0 Å². The van der Waals surface area contributed by atoms with Gasteiger partial charge >= 0.3 is 0 Å². The Bertz CT molecular complexity index is 2150. The van der Waals surface area contributed by atoms with Crippen molar-refractivity contribution < 1.29 is 0 Å². The van der Waals surface area contributed by atoms with Crippen molar-refractivity contribution in [3.63, 3.8) is 0 Å². The Labute approximate surface area is 236 Å². The van der Waals surface area contributed by atoms with Gasteiger partial charge in [0.05, 0.1) is 0 Å². The molecule has 0 radical (unpaired) electrons. The average Bonchev–Trinajstić information content (AvgIpc) is 3.35. The lowest BCUT2D eigenvalue weighted by molar-refractivity contribution is 0.652. The van der Waals surface area contributed by atoms with Crippen LogP contribution in [0.25, 0.3) is 60.6 Å². The molecule has 0 nitrogen and oxygen atoms in total. The third-order valence-corrected chi connectivity index (χ3v) is 10.5. The van der Waals surface area contributed by atoms with Gasteiger partial charge in [-0.3, -0.25) is 0 Å². The van der Waals surface area contributed by atoms with Crippen molar-refractivity contribution in [3.05, 3.63) is 124 Å². The van der Waals surface area contributed by atoms with Crippen LogP contribution in [0.2, 0.25) is 0 Å². The topological polar surface area (TPSA) is 0 Å². The molecule has 6 aromatic carbocycles. The first-order valence-corrected chi connectivity index (χ1v) is 14.8. The Balaban J connectivity index is 1.43. The summed E-state index contributed by atoms with van der Waals surface area (Å²) in [4.78, 5) is 0. The van der Waals surface area contributed by atoms with Gasteiger partial charge in [0.1, 0.15) is 0 Å². The minimum atomic E-state index is -0.0672. The van der Waals surface area contributed by atoms with E-state index in [1.54, 1.807) is 0 Å². The van der Waals surface area contributed by atoms with E-state index >= 15 is 0 Å². The molecule has 3 aliphatic rings. The molecule has 0 heteroatoms. The molecule has 3 aliphatic carbocycles. The smallest absolute Gasteiger partial charge is 0.0159 e. The van der Waals surface area contributed by atoms with Gasteiger partial charge in [0.25, 0.3) is 0 Å². The molecule has 0 atom stereocenters. The molecule has 0 bridgehead atoms. The summed E-state index contributed by atoms with van der Waals surface area (Å²) < 4.78 is 0. The van der Waals surface area contributed by atoms with Crippen LogP contribution in [0, 0.1) is 0 Å². The summed E-state index contributed by atoms with van der Waals surface area (Å²) in [7, 11) is 0. The van der Waals surface area contributed by atoms with Gasteiger partial charge in [0, 0.05) is 10.8 Å². The zero-order chi connectivity index (χ0) is 27.0. The minimum Gasteiger partial charge on any atom is -0.0836 e. The van der Waals surface area contributed by atoms with Gasteiger partial charge < -0.3 is 0 Å². The standard InChI is InChI=1S/C40H32/c1-39(2)32-19-17-23-11-5-6-12-24(23)36(32)30-21-35-31(22-34(30)39)38-33(40(35,3)4)20-18-29-27-15-8-7-13-25(27)26-14-9-10-16-28(26)37(29)38/h5-7,9-14,16-22H,8,15H2,1-4H3. The summed E-state index contributed by atoms with van der Waals surface area (Å²) >= 11 is 0. The van der Waals surface area contributed by atoms with Crippen LogP contribution >= 0.6 is 0 Å². The van der Waals surface area contributed by atoms with Gasteiger partial charge in [-0.1, -0.05) is 113 Å². The van der Waals surface area contributed by atoms with Crippen molar-refractivity contribution in [2.45, 2.75) is 51.4 Å². The van der Waals surface area contributed by atoms with Crippen LogP contribution in [0.1, 0.15) is 67.5 Å². The first-order valence-electron chi connectivity index (χ1n) is 14.8. The molecule has 9 rings (SSSR count). The molecule has 0 saturated carbocycles. The SMILES string of the molecule is CC1(C)c2cc3c(cc2-c2c1ccc1ccccc21)C(C)(C)c1ccc2c4c(c5ccccc5c2c1-3)C=CCC4. The van der Waals surface area contributed by atoms with Gasteiger partial charge in [0.15, 0.2) is 0 Å². The van der Waals surface area contributed by atoms with E-state index < -0.39 is 0 Å². The van der Waals surface area contributed by atoms with Crippen molar-refractivity contribution in [1.29, 1.82) is 0 Å². The molecule has 0 aliphatic heterocycles. The van der Waals surface area contributed by atoms with Gasteiger partial charge in [-0.15, -0.1) is 0 Å². The monoisotopic (exact) mass is 512 g/mol. The van der Waals surface area contributed by atoms with E-state index in [9.17, 15) is 0 Å². The molecule has 0 spiro atoms. The highest BCUT2D eigenvalue weighted by Gasteiger charge is 2.43. The van der Waals surface area contributed by atoms with Crippen molar-refractivity contribution in [1.82, 2.24) is 0 Å². The highest BCUT2D eigenvalue weighted by Crippen LogP contribution is 2.59. The van der Waals surface area contributed by atoms with E-state index in [4.69, 9.17) is 0 Å². The second-order valence-corrected chi connectivity index (χ2v) is 13.2. The molecule has 0 N–H and O–H groups in total. The van der Waals surface area contributed by atoms with Gasteiger partial charge in [-0.05, 0) is 113 Å². The summed E-state index contributed by atoms with van der Waals surface area (Å²) in [6, 6.07) is 32.7. The Kier molecular flexibility index (Phi) is 4.14. The van der Waals surface area contributed by atoms with Gasteiger partial charge in [-0.25, -0.2) is 0 Å². The Morgan fingerprint density at radius 3 is 1.95 bits per heavy atom. The molecule has 0 aromatic heterocycles. The maximum absolute atomic E-state index is 2.58. The predicted molar refractivity (Wildman–Crippen MR) is 171 cm³/mol. The molecule has 0 amide bonds. The zero-order valence-corrected chi connectivity index (χ0v) is 23.7. The Morgan fingerprint density at radius 1 is 0.550 bits per heavy atom. The van der Waals surface area contributed by atoms with Crippen LogP contribution in [0.5, 0.6) is 0 Å². The zero-order valence-electron chi connectivity index (χ0n) is 23.7. The highest BCUT2D eigenvalue weighted by molar-refractivity contribution is 6.20. The van der Waals surface area contributed by atoms with Crippen LogP contribution in [0.4, 0.5) is 0 Å². The lowest BCUT2D eigenvalue weighted by Crippen LogP contribution is -2.17. The normalized spacial score (nSPS) is 17.1. The quantitative estimate of drug-likeness (QED) is 0.178. The molecular weight excluding hydrogens is 480 g/mol. The third kappa shape index (κ3) is 2.58. The number of benzene rings is 6. The minimum absolute atomic E-state index is 0.0484. The first-order chi connectivity index (χ1) is 19.4. The van der Waals surface area contributed by atoms with E-state index in [2.05, 4.69) is 125 Å². The van der Waals surface area contributed by atoms with Crippen LogP contribution in [0.15, 0.2) is 91.0 Å². The molecule has 40 heavy (non-hydrogen) atoms. The summed E-state index contributed by atoms with van der Waals surface area (Å²) in [6.07, 6.45) is 6.94. The summed E-state index contributed by atoms with van der Waals surface area (Å²) in [6.45, 7) is 9.70. The molecule has 6 aromatic rings. The molecule has 0 fully saturated rings. The average molecular weight is 513 g/mol. The van der Waals surface area contributed by atoms with Crippen molar-refractivity contribution in [3.8, 4) is 22.3 Å². The lowest BCUT2D eigenvalue weighted by atomic mass is 9.79. The number of fused-ring (bicyclic) bond motifs is 15. The second kappa shape index (κ2) is 7.32. The largest absolute Gasteiger partial charge is 0.0836 e. The second-order valence-electron chi connectivity index (χ2n) is 13.2. The number of allylic oxidation sites excluding steroid dienone is 1. The molecule has 0 unspecified atom stereocenters. The molecule has 192 valence electrons. The first kappa shape index (κ1) is 22.6. The fourth-order valence-corrected chi connectivity index (χ4v) is 8.49. The van der Waals surface area contributed by atoms with E-state index in [0.717, 1.165) is 12.8 Å². The maximum Gasteiger partial charge on any atom is 0.0159 e. The maximum atomic E-state index is 2.58. The predicted octanol–water partition coefficient (Wildman–Crippen LogP) is 10.7. The summed E-state index contributed by atoms with van der Waals surface area (Å²) in [5.74, 6) is 0. The fraction of sp³-hybridized carbons (Fsp3) is 0.200. The number of rotatable bonds is 0. The lowest BCUT2D eigenvalue weighted by Gasteiger charge is -2.24. The summed E-state index contributed by atoms with van der Waals surface area (Å²) in [5.41, 5.74) is 14.4. The van der Waals surface area contributed by atoms with E-state index in [-0.39, 0.29) is 10.8 Å².